The number of rotatable bonds is 57. The van der Waals surface area contributed by atoms with Gasteiger partial charge in [0.2, 0.25) is 5.75 Å². The number of carbonyl (C=O) groups excluding carboxylic acids is 1. The van der Waals surface area contributed by atoms with Gasteiger partial charge in [0.1, 0.15) is 25.6 Å². The van der Waals surface area contributed by atoms with Crippen LogP contribution in [0.2, 0.25) is 0 Å². The van der Waals surface area contributed by atoms with Crippen molar-refractivity contribution < 1.29 is 108 Å². The Bertz CT molecular complexity index is 2040. The number of aliphatic carboxylic acids is 1. The van der Waals surface area contributed by atoms with Crippen LogP contribution in [0, 0.1) is 10.8 Å². The van der Waals surface area contributed by atoms with Crippen molar-refractivity contribution in [2.45, 2.75) is 87.0 Å². The van der Waals surface area contributed by atoms with Crippen molar-refractivity contribution in [3.63, 3.8) is 0 Å². The second-order valence-corrected chi connectivity index (χ2v) is 23.9. The molecule has 0 aromatic heterocycles. The molecule has 0 aliphatic carbocycles. The van der Waals surface area contributed by atoms with Crippen molar-refractivity contribution in [1.29, 1.82) is 0 Å². The maximum atomic E-state index is 14.2. The fourth-order valence-electron chi connectivity index (χ4n) is 7.53. The normalized spacial score (nSPS) is 13.4. The molecule has 2 aromatic carbocycles. The van der Waals surface area contributed by atoms with Gasteiger partial charge in [0.25, 0.3) is 5.91 Å². The van der Waals surface area contributed by atoms with Crippen LogP contribution in [-0.4, -0.2) is 210 Å². The molecule has 0 aliphatic rings. The van der Waals surface area contributed by atoms with Crippen molar-refractivity contribution in [3.05, 3.63) is 47.0 Å². The minimum Gasteiger partial charge on any atom is -0.492 e. The molecule has 24 nitrogen and oxygen atoms in total. The van der Waals surface area contributed by atoms with Crippen LogP contribution in [0.25, 0.3) is 0 Å². The highest BCUT2D eigenvalue weighted by molar-refractivity contribution is 7.53. The first-order chi connectivity index (χ1) is 40.5. The number of carbonyl (C=O) groups is 2. The van der Waals surface area contributed by atoms with Crippen molar-refractivity contribution >= 4 is 27.1 Å². The second-order valence-electron chi connectivity index (χ2n) is 19.8. The van der Waals surface area contributed by atoms with Crippen molar-refractivity contribution in [2.75, 3.05) is 193 Å². The summed E-state index contributed by atoms with van der Waals surface area (Å²) in [5, 5.41) is 12.0. The molecular weight excluding hydrogens is 1140 g/mol. The van der Waals surface area contributed by atoms with E-state index in [2.05, 4.69) is 5.32 Å². The number of carboxylic acid groups (broad SMARTS) is 1. The summed E-state index contributed by atoms with van der Waals surface area (Å²) in [6, 6.07) is 8.30. The molecule has 84 heavy (non-hydrogen) atoms. The lowest BCUT2D eigenvalue weighted by atomic mass is 9.88. The molecule has 0 aliphatic heterocycles. The molecule has 2 N–H and O–H groups in total. The highest BCUT2D eigenvalue weighted by Crippen LogP contribution is 2.54. The summed E-state index contributed by atoms with van der Waals surface area (Å²) in [7, 11) is -3.89. The van der Waals surface area contributed by atoms with Crippen molar-refractivity contribution in [1.82, 2.24) is 5.32 Å². The van der Waals surface area contributed by atoms with E-state index in [1.165, 1.54) is 0 Å². The Morgan fingerprint density at radius 1 is 0.464 bits per heavy atom. The van der Waals surface area contributed by atoms with E-state index < -0.39 is 32.5 Å². The van der Waals surface area contributed by atoms with Crippen molar-refractivity contribution in [2.24, 2.45) is 10.8 Å². The molecule has 486 valence electrons. The third kappa shape index (κ3) is 34.1. The van der Waals surface area contributed by atoms with E-state index in [4.69, 9.17) is 89.5 Å². The first-order valence-corrected chi connectivity index (χ1v) is 32.6. The van der Waals surface area contributed by atoms with Crippen LogP contribution >= 0.6 is 15.2 Å². The number of hydrogen-bond acceptors (Lipinski definition) is 22. The number of benzene rings is 2. The summed E-state index contributed by atoms with van der Waals surface area (Å²) >= 11 is 0. The SMILES string of the molecule is CCOP(=O)(Cc1cc(CP(=O)(OCC)OCC)cc(OCCNC(=O)c2cc(OCCOCCOCCOCCOC)c(OCC(C)(CC)COCC(C)(CC)COCCC(=O)O)c(OCCOCCOCCOCCOC)c2)c1)OCC. The van der Waals surface area contributed by atoms with E-state index in [-0.39, 0.29) is 126 Å². The molecule has 0 radical (unpaired) electrons. The number of ether oxygens (including phenoxy) is 14. The molecule has 26 heteroatoms. The van der Waals surface area contributed by atoms with E-state index in [0.717, 1.165) is 6.42 Å². The number of methoxy groups -OCH3 is 2. The van der Waals surface area contributed by atoms with Gasteiger partial charge in [-0.3, -0.25) is 18.7 Å². The number of hydrogen-bond donors (Lipinski definition) is 2. The lowest BCUT2D eigenvalue weighted by Crippen LogP contribution is -2.34. The highest BCUT2D eigenvalue weighted by atomic mass is 31.2. The molecule has 0 spiro atoms. The first kappa shape index (κ1) is 76.6. The van der Waals surface area contributed by atoms with Gasteiger partial charge in [-0.25, -0.2) is 0 Å². The highest BCUT2D eigenvalue weighted by Gasteiger charge is 2.31. The van der Waals surface area contributed by atoms with Crippen LogP contribution in [-0.2, 0) is 91.7 Å². The Balaban J connectivity index is 2.45. The molecule has 2 atom stereocenters. The molecule has 2 unspecified atom stereocenters. The Hall–Kier alpha value is -3.52. The van der Waals surface area contributed by atoms with E-state index in [1.54, 1.807) is 72.2 Å². The van der Waals surface area contributed by atoms with Crippen LogP contribution < -0.4 is 24.3 Å². The maximum Gasteiger partial charge on any atom is 0.335 e. The standard InChI is InChI=1S/C58H101NO23P2/c1-11-57(7,44-73-19-17-54(60)61)45-74-46-58(8,12-2)47-78-55-52(76-35-33-71-31-29-69-27-25-67-23-21-65-9)40-50(41-53(55)77-36-34-72-32-30-70-28-26-68-24-22-66-10)56(62)59-18-20-75-51-38-48(42-83(63,79-13-3)80-14-4)37-49(39-51)43-84(64,81-15-5)82-16-6/h37-41H,11-36,42-47H2,1-10H3,(H,59,62)(H,60,61). The van der Waals surface area contributed by atoms with Gasteiger partial charge in [0.15, 0.2) is 11.5 Å². The number of carboxylic acids is 1. The van der Waals surface area contributed by atoms with Gasteiger partial charge in [-0.15, -0.1) is 0 Å². The number of nitrogens with one attached hydrogen (secondary N) is 1. The third-order valence-corrected chi connectivity index (χ3v) is 16.5. The quantitative estimate of drug-likeness (QED) is 0.0462. The van der Waals surface area contributed by atoms with E-state index in [9.17, 15) is 18.7 Å². The van der Waals surface area contributed by atoms with Gasteiger partial charge in [-0.2, -0.15) is 0 Å². The lowest BCUT2D eigenvalue weighted by molar-refractivity contribution is -0.138. The minimum atomic E-state index is -3.56. The molecule has 0 saturated carbocycles. The fraction of sp³-hybridized carbons (Fsp3) is 0.759. The monoisotopic (exact) mass is 1240 g/mol. The molecule has 2 aromatic rings. The van der Waals surface area contributed by atoms with E-state index >= 15 is 0 Å². The molecule has 0 bridgehead atoms. The summed E-state index contributed by atoms with van der Waals surface area (Å²) in [6.07, 6.45) is 1.18. The van der Waals surface area contributed by atoms with Gasteiger partial charge in [-0.1, -0.05) is 33.8 Å². The Morgan fingerprint density at radius 2 is 0.857 bits per heavy atom. The second kappa shape index (κ2) is 45.7. The smallest absolute Gasteiger partial charge is 0.335 e. The number of amides is 1. The summed E-state index contributed by atoms with van der Waals surface area (Å²) in [6.45, 7) is 22.5. The summed E-state index contributed by atoms with van der Waals surface area (Å²) < 4.78 is 131. The first-order valence-electron chi connectivity index (χ1n) is 29.2. The van der Waals surface area contributed by atoms with Gasteiger partial charge in [0, 0.05) is 30.6 Å². The summed E-state index contributed by atoms with van der Waals surface area (Å²) in [5.74, 6) is -0.349. The van der Waals surface area contributed by atoms with E-state index in [0.29, 0.717) is 122 Å². The molecular formula is C58H101NO23P2. The van der Waals surface area contributed by atoms with Gasteiger partial charge in [0.05, 0.1) is 177 Å². The summed E-state index contributed by atoms with van der Waals surface area (Å²) in [4.78, 5) is 25.3. The van der Waals surface area contributed by atoms with Crippen LogP contribution in [0.3, 0.4) is 0 Å². The van der Waals surface area contributed by atoms with E-state index in [1.807, 2.05) is 27.7 Å². The molecule has 2 rings (SSSR count). The Morgan fingerprint density at radius 3 is 1.25 bits per heavy atom. The van der Waals surface area contributed by atoms with Gasteiger partial charge >= 0.3 is 21.2 Å². The van der Waals surface area contributed by atoms with Crippen LogP contribution in [0.1, 0.15) is 96.1 Å². The zero-order valence-corrected chi connectivity index (χ0v) is 53.6. The average Bonchev–Trinajstić information content (AvgIpc) is 3.19. The predicted octanol–water partition coefficient (Wildman–Crippen LogP) is 8.90. The summed E-state index contributed by atoms with van der Waals surface area (Å²) in [5.41, 5.74) is 0.431. The maximum absolute atomic E-state index is 14.2. The zero-order valence-electron chi connectivity index (χ0n) is 51.8. The molecule has 0 saturated heterocycles. The zero-order chi connectivity index (χ0) is 61.8. The van der Waals surface area contributed by atoms with Crippen LogP contribution in [0.5, 0.6) is 23.0 Å². The minimum absolute atomic E-state index is 0.00230. The van der Waals surface area contributed by atoms with Crippen LogP contribution in [0.4, 0.5) is 0 Å². The largest absolute Gasteiger partial charge is 0.492 e. The lowest BCUT2D eigenvalue weighted by Gasteiger charge is -2.32. The van der Waals surface area contributed by atoms with Gasteiger partial charge < -0.3 is 94.8 Å². The molecule has 1 amide bonds. The molecule has 0 heterocycles. The molecule has 0 fully saturated rings. The predicted molar refractivity (Wildman–Crippen MR) is 316 cm³/mol. The Kier molecular flexibility index (Phi) is 41.7. The fourth-order valence-corrected chi connectivity index (χ4v) is 10.9. The van der Waals surface area contributed by atoms with Crippen LogP contribution in [0.15, 0.2) is 30.3 Å². The van der Waals surface area contributed by atoms with Crippen molar-refractivity contribution in [3.8, 4) is 23.0 Å². The topological polar surface area (TPSA) is 267 Å². The third-order valence-electron chi connectivity index (χ3n) is 12.4. The average molecular weight is 1240 g/mol. The van der Waals surface area contributed by atoms with Gasteiger partial charge in [-0.05, 0) is 75.9 Å². The Labute approximate surface area is 499 Å².